The Labute approximate surface area is 170 Å². The number of hydrogen-bond donors (Lipinski definition) is 1. The van der Waals surface area contributed by atoms with E-state index in [0.29, 0.717) is 5.56 Å². The van der Waals surface area contributed by atoms with E-state index in [2.05, 4.69) is 29.0 Å². The smallest absolute Gasteiger partial charge is 0.251 e. The van der Waals surface area contributed by atoms with E-state index in [1.807, 2.05) is 6.92 Å². The molecule has 0 radical (unpaired) electrons. The Morgan fingerprint density at radius 1 is 1.14 bits per heavy atom. The van der Waals surface area contributed by atoms with Crippen LogP contribution in [0.15, 0.2) is 41.8 Å². The minimum Gasteiger partial charge on any atom is -0.366 e. The van der Waals surface area contributed by atoms with Gasteiger partial charge in [-0.15, -0.1) is 11.3 Å². The molecule has 0 atom stereocenters. The van der Waals surface area contributed by atoms with Gasteiger partial charge in [0.2, 0.25) is 0 Å². The summed E-state index contributed by atoms with van der Waals surface area (Å²) in [5.74, 6) is -0.714. The number of thiophene rings is 1. The molecule has 0 aliphatic carbocycles. The molecule has 0 spiro atoms. The van der Waals surface area contributed by atoms with Gasteiger partial charge in [-0.1, -0.05) is 38.0 Å². The lowest BCUT2D eigenvalue weighted by atomic mass is 9.97. The highest BCUT2D eigenvalue weighted by Gasteiger charge is 2.24. The summed E-state index contributed by atoms with van der Waals surface area (Å²) in [6.45, 7) is 4.94. The second-order valence-electron chi connectivity index (χ2n) is 7.09. The van der Waals surface area contributed by atoms with Gasteiger partial charge in [0.05, 0.1) is 5.56 Å². The van der Waals surface area contributed by atoms with Crippen molar-refractivity contribution in [3.63, 3.8) is 0 Å². The third-order valence-electron chi connectivity index (χ3n) is 5.19. The van der Waals surface area contributed by atoms with Crippen LogP contribution >= 0.6 is 11.3 Å². The quantitative estimate of drug-likeness (QED) is 0.459. The number of amides is 1. The highest BCUT2D eigenvalue weighted by Crippen LogP contribution is 2.34. The monoisotopic (exact) mass is 398 g/mol. The van der Waals surface area contributed by atoms with Crippen LogP contribution in [0.2, 0.25) is 0 Å². The Morgan fingerprint density at radius 2 is 1.89 bits per heavy atom. The number of carbonyl (C=O) groups is 1. The number of nitrogens with two attached hydrogens (primary N) is 1. The largest absolute Gasteiger partial charge is 0.366 e. The van der Waals surface area contributed by atoms with Crippen molar-refractivity contribution in [3.05, 3.63) is 69.4 Å². The fourth-order valence-electron chi connectivity index (χ4n) is 3.81. The van der Waals surface area contributed by atoms with Gasteiger partial charge in [0, 0.05) is 28.4 Å². The van der Waals surface area contributed by atoms with E-state index in [-0.39, 0.29) is 5.82 Å². The van der Waals surface area contributed by atoms with Crippen LogP contribution < -0.4 is 5.73 Å². The zero-order valence-electron chi connectivity index (χ0n) is 16.5. The van der Waals surface area contributed by atoms with E-state index in [1.54, 1.807) is 23.5 Å². The first-order valence-corrected chi connectivity index (χ1v) is 10.7. The van der Waals surface area contributed by atoms with Gasteiger partial charge >= 0.3 is 0 Å². The van der Waals surface area contributed by atoms with Crippen LogP contribution in [0.3, 0.4) is 0 Å². The van der Waals surface area contributed by atoms with E-state index in [9.17, 15) is 9.18 Å². The maximum absolute atomic E-state index is 13.5. The van der Waals surface area contributed by atoms with Crippen LogP contribution in [0.5, 0.6) is 0 Å². The molecule has 0 saturated carbocycles. The van der Waals surface area contributed by atoms with Crippen LogP contribution in [0.25, 0.3) is 11.1 Å². The molecule has 5 heteroatoms. The number of primary amides is 1. The molecule has 0 aliphatic heterocycles. The summed E-state index contributed by atoms with van der Waals surface area (Å²) in [6, 6.07) is 10.6. The molecule has 1 amide bonds. The zero-order valence-corrected chi connectivity index (χ0v) is 17.3. The summed E-state index contributed by atoms with van der Waals surface area (Å²) in [4.78, 5) is 13.7. The molecule has 2 heterocycles. The fraction of sp³-hybridized carbons (Fsp3) is 0.348. The molecule has 0 fully saturated rings. The first-order valence-electron chi connectivity index (χ1n) is 9.83. The number of aromatic nitrogens is 1. The molecule has 148 valence electrons. The van der Waals surface area contributed by atoms with Crippen molar-refractivity contribution < 1.29 is 9.18 Å². The number of rotatable bonds is 9. The molecule has 3 nitrogen and oxygen atoms in total. The molecule has 0 saturated heterocycles. The molecular formula is C23H27FN2OS. The van der Waals surface area contributed by atoms with Gasteiger partial charge in [-0.2, -0.15) is 0 Å². The number of carbonyl (C=O) groups excluding carboxylic acids is 1. The molecule has 1 aromatic carbocycles. The number of benzene rings is 1. The van der Waals surface area contributed by atoms with Gasteiger partial charge in [0.1, 0.15) is 5.82 Å². The van der Waals surface area contributed by atoms with Gasteiger partial charge in [-0.05, 0) is 55.3 Å². The summed E-state index contributed by atoms with van der Waals surface area (Å²) in [5, 5.41) is 2.08. The van der Waals surface area contributed by atoms with Crippen molar-refractivity contribution >= 4 is 17.2 Å². The fourth-order valence-corrected chi connectivity index (χ4v) is 4.51. The highest BCUT2D eigenvalue weighted by atomic mass is 32.1. The Hall–Kier alpha value is -2.40. The maximum Gasteiger partial charge on any atom is 0.251 e. The first kappa shape index (κ1) is 20.3. The van der Waals surface area contributed by atoms with E-state index in [1.165, 1.54) is 17.0 Å². The highest BCUT2D eigenvalue weighted by molar-refractivity contribution is 7.09. The minimum atomic E-state index is -0.427. The van der Waals surface area contributed by atoms with Crippen LogP contribution in [-0.4, -0.2) is 10.5 Å². The lowest BCUT2D eigenvalue weighted by molar-refractivity contribution is 0.1000. The summed E-state index contributed by atoms with van der Waals surface area (Å²) in [5.41, 5.74) is 10.1. The van der Waals surface area contributed by atoms with Crippen molar-refractivity contribution in [1.82, 2.24) is 4.57 Å². The van der Waals surface area contributed by atoms with Crippen molar-refractivity contribution in [2.45, 2.75) is 52.5 Å². The number of halogens is 1. The topological polar surface area (TPSA) is 48.0 Å². The Morgan fingerprint density at radius 3 is 2.50 bits per heavy atom. The standard InChI is InChI=1S/C23H27FN2OS/c1-3-4-5-8-20-22(17-9-11-18(24)12-10-17)21(23(25)27)16(2)26(20)14-13-19-7-6-15-28-19/h6-7,9-12,15H,3-5,8,13-14H2,1-2H3,(H2,25,27). The predicted octanol–water partition coefficient (Wildman–Crippen LogP) is 5.74. The van der Waals surface area contributed by atoms with Crippen LogP contribution in [0.1, 0.15) is 52.8 Å². The molecular weight excluding hydrogens is 371 g/mol. The number of hydrogen-bond acceptors (Lipinski definition) is 2. The zero-order chi connectivity index (χ0) is 20.1. The molecule has 0 aliphatic rings. The first-order chi connectivity index (χ1) is 13.5. The minimum absolute atomic E-state index is 0.286. The van der Waals surface area contributed by atoms with Gasteiger partial charge in [0.25, 0.3) is 5.91 Å². The summed E-state index contributed by atoms with van der Waals surface area (Å²) in [7, 11) is 0. The number of aryl methyl sites for hydroxylation is 1. The SMILES string of the molecule is CCCCCc1c(-c2ccc(F)cc2)c(C(N)=O)c(C)n1CCc1cccs1. The van der Waals surface area contributed by atoms with Gasteiger partial charge in [-0.3, -0.25) is 4.79 Å². The van der Waals surface area contributed by atoms with Crippen LogP contribution in [0, 0.1) is 12.7 Å². The lowest BCUT2D eigenvalue weighted by Crippen LogP contribution is -2.13. The summed E-state index contributed by atoms with van der Waals surface area (Å²) < 4.78 is 15.7. The predicted molar refractivity (Wildman–Crippen MR) is 114 cm³/mol. The molecule has 3 rings (SSSR count). The van der Waals surface area contributed by atoms with Crippen molar-refractivity contribution in [3.8, 4) is 11.1 Å². The van der Waals surface area contributed by atoms with E-state index < -0.39 is 5.91 Å². The lowest BCUT2D eigenvalue weighted by Gasteiger charge is -2.13. The number of nitrogens with zero attached hydrogens (tertiary/aromatic N) is 1. The molecule has 2 N–H and O–H groups in total. The molecule has 0 bridgehead atoms. The van der Waals surface area contributed by atoms with Gasteiger partial charge in [-0.25, -0.2) is 4.39 Å². The summed E-state index contributed by atoms with van der Waals surface area (Å²) in [6.07, 6.45) is 5.09. The molecule has 2 aromatic heterocycles. The Kier molecular flexibility index (Phi) is 6.68. The summed E-state index contributed by atoms with van der Waals surface area (Å²) >= 11 is 1.74. The van der Waals surface area contributed by atoms with Crippen molar-refractivity contribution in [2.24, 2.45) is 5.73 Å². The third kappa shape index (κ3) is 4.36. The van der Waals surface area contributed by atoms with E-state index in [0.717, 1.165) is 61.2 Å². The number of unbranched alkanes of at least 4 members (excludes halogenated alkanes) is 2. The van der Waals surface area contributed by atoms with Crippen LogP contribution in [-0.2, 0) is 19.4 Å². The van der Waals surface area contributed by atoms with Crippen molar-refractivity contribution in [1.29, 1.82) is 0 Å². The van der Waals surface area contributed by atoms with Gasteiger partial charge < -0.3 is 10.3 Å². The van der Waals surface area contributed by atoms with Gasteiger partial charge in [0.15, 0.2) is 0 Å². The Balaban J connectivity index is 2.09. The normalized spacial score (nSPS) is 11.1. The maximum atomic E-state index is 13.5. The van der Waals surface area contributed by atoms with E-state index in [4.69, 9.17) is 5.73 Å². The third-order valence-corrected chi connectivity index (χ3v) is 6.13. The molecule has 0 unspecified atom stereocenters. The van der Waals surface area contributed by atoms with E-state index >= 15 is 0 Å². The average Bonchev–Trinajstić information content (AvgIpc) is 3.27. The molecule has 28 heavy (non-hydrogen) atoms. The molecule has 3 aromatic rings. The second-order valence-corrected chi connectivity index (χ2v) is 8.12. The van der Waals surface area contributed by atoms with Crippen molar-refractivity contribution in [2.75, 3.05) is 0 Å². The second kappa shape index (κ2) is 9.20. The Bertz CT molecular complexity index is 927. The van der Waals surface area contributed by atoms with Crippen LogP contribution in [0.4, 0.5) is 4.39 Å². The average molecular weight is 399 g/mol.